The van der Waals surface area contributed by atoms with Crippen molar-refractivity contribution in [2.24, 2.45) is 11.8 Å². The summed E-state index contributed by atoms with van der Waals surface area (Å²) in [7, 11) is 0. The number of rotatable bonds is 15. The number of benzene rings is 2. The van der Waals surface area contributed by atoms with Crippen molar-refractivity contribution in [3.8, 4) is 0 Å². The van der Waals surface area contributed by atoms with Crippen molar-refractivity contribution in [3.63, 3.8) is 0 Å². The average Bonchev–Trinajstić information content (AvgIpc) is 3.46. The summed E-state index contributed by atoms with van der Waals surface area (Å²) in [4.78, 5) is 69.1. The summed E-state index contributed by atoms with van der Waals surface area (Å²) in [5.41, 5.74) is 2.09. The highest BCUT2D eigenvalue weighted by molar-refractivity contribution is 6.38. The number of ketones is 2. The van der Waals surface area contributed by atoms with Gasteiger partial charge in [0.1, 0.15) is 0 Å². The van der Waals surface area contributed by atoms with Gasteiger partial charge in [-0.05, 0) is 63.1 Å². The van der Waals surface area contributed by atoms with Crippen LogP contribution >= 0.6 is 0 Å². The number of fused-ring (bicyclic) bond motifs is 1. The molecule has 0 spiro atoms. The van der Waals surface area contributed by atoms with Gasteiger partial charge in [-0.1, -0.05) is 67.8 Å². The van der Waals surface area contributed by atoms with Gasteiger partial charge in [0.15, 0.2) is 5.78 Å². The Hall–Kier alpha value is -4.27. The third kappa shape index (κ3) is 9.62. The topological polar surface area (TPSA) is 137 Å². The molecule has 1 heterocycles. The molecule has 234 valence electrons. The smallest absolute Gasteiger partial charge is 0.289 e. The van der Waals surface area contributed by atoms with E-state index < -0.39 is 29.6 Å². The second-order valence-electron chi connectivity index (χ2n) is 12.2. The van der Waals surface area contributed by atoms with Crippen molar-refractivity contribution < 1.29 is 24.0 Å². The number of hydrogen-bond donors (Lipinski definition) is 4. The average molecular weight is 601 g/mol. The molecule has 1 fully saturated rings. The van der Waals surface area contributed by atoms with Crippen LogP contribution in [0.15, 0.2) is 60.7 Å². The molecule has 2 atom stereocenters. The molecule has 44 heavy (non-hydrogen) atoms. The lowest BCUT2D eigenvalue weighted by atomic mass is 9.89. The second kappa shape index (κ2) is 16.0. The number of aromatic amines is 1. The molecule has 0 aliphatic heterocycles. The summed E-state index contributed by atoms with van der Waals surface area (Å²) in [6, 6.07) is 17.4. The third-order valence-electron chi connectivity index (χ3n) is 8.20. The maximum atomic E-state index is 13.8. The zero-order valence-electron chi connectivity index (χ0n) is 25.7. The van der Waals surface area contributed by atoms with Gasteiger partial charge in [-0.15, -0.1) is 0 Å². The lowest BCUT2D eigenvalue weighted by Crippen LogP contribution is -2.50. The van der Waals surface area contributed by atoms with E-state index in [1.807, 2.05) is 68.4 Å². The lowest BCUT2D eigenvalue weighted by molar-refractivity contribution is -0.141. The predicted octanol–water partition coefficient (Wildman–Crippen LogP) is 4.65. The molecule has 0 saturated heterocycles. The fourth-order valence-corrected chi connectivity index (χ4v) is 5.82. The zero-order chi connectivity index (χ0) is 31.5. The van der Waals surface area contributed by atoms with Crippen LogP contribution in [0.4, 0.5) is 0 Å². The van der Waals surface area contributed by atoms with Gasteiger partial charge in [-0.3, -0.25) is 24.0 Å². The van der Waals surface area contributed by atoms with E-state index in [0.29, 0.717) is 18.2 Å². The quantitative estimate of drug-likeness (QED) is 0.149. The van der Waals surface area contributed by atoms with Gasteiger partial charge in [-0.25, -0.2) is 0 Å². The standard InChI is InChI=1S/C35H44N4O5/c1-23(2)37-32(41)18-17-29(33(42)35(44)36-22-25-13-7-4-8-14-25)39-34(43)27(19-24-11-5-3-6-12-24)21-31(40)30-20-26-15-9-10-16-28(26)38-30/h3,5-6,9-12,15-16,20,23,25,27,29,38H,4,7-8,13-14,17-19,21-22H2,1-2H3,(H,36,44)(H,37,41)(H,39,43)/t27-,29+/m1/s1. The number of amides is 3. The van der Waals surface area contributed by atoms with Crippen LogP contribution in [0.2, 0.25) is 0 Å². The summed E-state index contributed by atoms with van der Waals surface area (Å²) in [6.07, 6.45) is 5.51. The Labute approximate surface area is 258 Å². The predicted molar refractivity (Wildman–Crippen MR) is 170 cm³/mol. The first-order chi connectivity index (χ1) is 21.2. The molecule has 0 radical (unpaired) electrons. The third-order valence-corrected chi connectivity index (χ3v) is 8.20. The highest BCUT2D eigenvalue weighted by atomic mass is 16.2. The number of Topliss-reactive ketones (excluding diaryl/α,β-unsaturated/α-hetero) is 2. The SMILES string of the molecule is CC(C)NC(=O)CC[C@H](NC(=O)[C@@H](CC(=O)c1cc2ccccc2[nH]1)Cc1ccccc1)C(=O)C(=O)NCC1CCCCC1. The van der Waals surface area contributed by atoms with Crippen molar-refractivity contribution in [1.82, 2.24) is 20.9 Å². The molecule has 0 bridgehead atoms. The largest absolute Gasteiger partial charge is 0.354 e. The summed E-state index contributed by atoms with van der Waals surface area (Å²) >= 11 is 0. The molecular weight excluding hydrogens is 556 g/mol. The summed E-state index contributed by atoms with van der Waals surface area (Å²) in [5, 5.41) is 9.20. The van der Waals surface area contributed by atoms with Crippen LogP contribution in [-0.2, 0) is 25.6 Å². The van der Waals surface area contributed by atoms with Gasteiger partial charge in [0, 0.05) is 42.2 Å². The number of nitrogens with one attached hydrogen (secondary N) is 4. The zero-order valence-corrected chi connectivity index (χ0v) is 25.7. The lowest BCUT2D eigenvalue weighted by Gasteiger charge is -2.24. The van der Waals surface area contributed by atoms with Crippen LogP contribution in [0.25, 0.3) is 10.9 Å². The molecule has 0 unspecified atom stereocenters. The van der Waals surface area contributed by atoms with E-state index in [1.54, 1.807) is 6.07 Å². The molecule has 4 rings (SSSR count). The van der Waals surface area contributed by atoms with Gasteiger partial charge in [0.2, 0.25) is 17.6 Å². The highest BCUT2D eigenvalue weighted by Gasteiger charge is 2.32. The van der Waals surface area contributed by atoms with Gasteiger partial charge in [0.25, 0.3) is 5.91 Å². The molecule has 2 aromatic carbocycles. The molecule has 3 aromatic rings. The Balaban J connectivity index is 1.50. The van der Waals surface area contributed by atoms with E-state index in [9.17, 15) is 24.0 Å². The van der Waals surface area contributed by atoms with E-state index in [0.717, 1.165) is 42.1 Å². The minimum Gasteiger partial charge on any atom is -0.354 e. The molecule has 1 aliphatic rings. The fraction of sp³-hybridized carbons (Fsp3) is 0.457. The number of para-hydroxylation sites is 1. The van der Waals surface area contributed by atoms with E-state index in [4.69, 9.17) is 0 Å². The minimum absolute atomic E-state index is 0.0337. The van der Waals surface area contributed by atoms with Gasteiger partial charge < -0.3 is 20.9 Å². The van der Waals surface area contributed by atoms with E-state index in [2.05, 4.69) is 20.9 Å². The Morgan fingerprint density at radius 3 is 2.30 bits per heavy atom. The molecular formula is C35H44N4O5. The number of aromatic nitrogens is 1. The van der Waals surface area contributed by atoms with Gasteiger partial charge in [0.05, 0.1) is 11.7 Å². The molecule has 1 saturated carbocycles. The van der Waals surface area contributed by atoms with Crippen LogP contribution in [0, 0.1) is 11.8 Å². The number of H-pyrrole nitrogens is 1. The Morgan fingerprint density at radius 2 is 1.59 bits per heavy atom. The van der Waals surface area contributed by atoms with Crippen LogP contribution in [0.1, 0.15) is 81.3 Å². The van der Waals surface area contributed by atoms with Crippen LogP contribution < -0.4 is 16.0 Å². The van der Waals surface area contributed by atoms with Crippen molar-refractivity contribution in [1.29, 1.82) is 0 Å². The maximum absolute atomic E-state index is 13.8. The van der Waals surface area contributed by atoms with Crippen LogP contribution in [-0.4, -0.2) is 52.9 Å². The molecule has 9 nitrogen and oxygen atoms in total. The maximum Gasteiger partial charge on any atom is 0.289 e. The Kier molecular flexibility index (Phi) is 11.9. The van der Waals surface area contributed by atoms with E-state index in [1.165, 1.54) is 6.42 Å². The minimum atomic E-state index is -1.20. The normalized spacial score (nSPS) is 15.0. The Morgan fingerprint density at radius 1 is 0.886 bits per heavy atom. The van der Waals surface area contributed by atoms with E-state index in [-0.39, 0.29) is 43.4 Å². The summed E-state index contributed by atoms with van der Waals surface area (Å²) in [6.45, 7) is 4.08. The molecule has 9 heteroatoms. The number of carbonyl (C=O) groups excluding carboxylic acids is 5. The van der Waals surface area contributed by atoms with Crippen molar-refractivity contribution >= 4 is 40.2 Å². The first-order valence-corrected chi connectivity index (χ1v) is 15.8. The van der Waals surface area contributed by atoms with Crippen LogP contribution in [0.3, 0.4) is 0 Å². The molecule has 1 aromatic heterocycles. The first-order valence-electron chi connectivity index (χ1n) is 15.8. The molecule has 4 N–H and O–H groups in total. The van der Waals surface area contributed by atoms with Crippen molar-refractivity contribution in [2.45, 2.75) is 83.7 Å². The van der Waals surface area contributed by atoms with E-state index >= 15 is 0 Å². The summed E-state index contributed by atoms with van der Waals surface area (Å²) in [5.74, 6) is -3.05. The van der Waals surface area contributed by atoms with Gasteiger partial charge in [-0.2, -0.15) is 0 Å². The summed E-state index contributed by atoms with van der Waals surface area (Å²) < 4.78 is 0. The first kappa shape index (κ1) is 32.6. The molecule has 1 aliphatic carbocycles. The number of carbonyl (C=O) groups is 5. The monoisotopic (exact) mass is 600 g/mol. The fourth-order valence-electron chi connectivity index (χ4n) is 5.82. The second-order valence-corrected chi connectivity index (χ2v) is 12.2. The van der Waals surface area contributed by atoms with Crippen LogP contribution in [0.5, 0.6) is 0 Å². The Bertz CT molecular complexity index is 1410. The van der Waals surface area contributed by atoms with Gasteiger partial charge >= 0.3 is 0 Å². The van der Waals surface area contributed by atoms with Crippen molar-refractivity contribution in [3.05, 3.63) is 71.9 Å². The van der Waals surface area contributed by atoms with Crippen molar-refractivity contribution in [2.75, 3.05) is 6.54 Å². The number of hydrogen-bond acceptors (Lipinski definition) is 5. The highest BCUT2D eigenvalue weighted by Crippen LogP contribution is 2.23. The molecule has 3 amide bonds.